The number of anilines is 1. The monoisotopic (exact) mass is 254 g/mol. The Morgan fingerprint density at radius 3 is 2.29 bits per heavy atom. The van der Waals surface area contributed by atoms with Crippen molar-refractivity contribution in [2.45, 2.75) is 44.7 Å². The third-order valence-electron chi connectivity index (χ3n) is 3.61. The predicted octanol–water partition coefficient (Wildman–Crippen LogP) is 3.46. The highest BCUT2D eigenvalue weighted by Gasteiger charge is 2.17. The maximum Gasteiger partial charge on any atom is 0.0314 e. The Morgan fingerprint density at radius 2 is 1.71 bits per heavy atom. The van der Waals surface area contributed by atoms with Crippen molar-refractivity contribution < 1.29 is 0 Å². The van der Waals surface area contributed by atoms with Gasteiger partial charge in [-0.1, -0.05) is 31.4 Å². The lowest BCUT2D eigenvalue weighted by atomic mass is 9.94. The van der Waals surface area contributed by atoms with Gasteiger partial charge in [-0.2, -0.15) is 0 Å². The van der Waals surface area contributed by atoms with E-state index in [-0.39, 0.29) is 12.4 Å². The molecule has 0 bridgehead atoms. The summed E-state index contributed by atoms with van der Waals surface area (Å²) in [5, 5.41) is 0. The molecule has 0 aromatic heterocycles. The zero-order valence-electron chi connectivity index (χ0n) is 10.6. The number of nitrogens with two attached hydrogens (primary N) is 1. The Bertz CT molecular complexity index is 317. The molecule has 0 radical (unpaired) electrons. The molecule has 3 heteroatoms. The van der Waals surface area contributed by atoms with Gasteiger partial charge in [0, 0.05) is 18.3 Å². The number of nitrogen functional groups attached to an aromatic ring is 1. The highest BCUT2D eigenvalue weighted by molar-refractivity contribution is 5.85. The van der Waals surface area contributed by atoms with E-state index in [4.69, 9.17) is 5.73 Å². The number of nitrogens with zero attached hydrogens (tertiary/aromatic N) is 1. The highest BCUT2D eigenvalue weighted by atomic mass is 35.5. The van der Waals surface area contributed by atoms with Crippen LogP contribution in [-0.4, -0.2) is 18.0 Å². The summed E-state index contributed by atoms with van der Waals surface area (Å²) in [6.07, 6.45) is 6.96. The Labute approximate surface area is 111 Å². The van der Waals surface area contributed by atoms with Crippen molar-refractivity contribution in [2.75, 3.05) is 12.8 Å². The maximum absolute atomic E-state index is 5.69. The van der Waals surface area contributed by atoms with Crippen LogP contribution in [0.15, 0.2) is 24.3 Å². The largest absolute Gasteiger partial charge is 0.399 e. The van der Waals surface area contributed by atoms with Crippen LogP contribution in [0.1, 0.15) is 37.7 Å². The van der Waals surface area contributed by atoms with Gasteiger partial charge in [0.25, 0.3) is 0 Å². The minimum atomic E-state index is 0. The molecule has 0 unspecified atom stereocenters. The minimum Gasteiger partial charge on any atom is -0.399 e. The van der Waals surface area contributed by atoms with Crippen molar-refractivity contribution in [1.29, 1.82) is 0 Å². The van der Waals surface area contributed by atoms with E-state index in [2.05, 4.69) is 24.1 Å². The van der Waals surface area contributed by atoms with Crippen molar-refractivity contribution in [3.8, 4) is 0 Å². The third kappa shape index (κ3) is 4.21. The van der Waals surface area contributed by atoms with Crippen LogP contribution >= 0.6 is 12.4 Å². The van der Waals surface area contributed by atoms with E-state index in [1.165, 1.54) is 37.7 Å². The molecule has 0 heterocycles. The maximum atomic E-state index is 5.69. The zero-order valence-corrected chi connectivity index (χ0v) is 11.4. The Morgan fingerprint density at radius 1 is 1.12 bits per heavy atom. The quantitative estimate of drug-likeness (QED) is 0.838. The second-order valence-electron chi connectivity index (χ2n) is 4.95. The lowest BCUT2D eigenvalue weighted by Gasteiger charge is -2.31. The fourth-order valence-corrected chi connectivity index (χ4v) is 2.56. The first-order valence-electron chi connectivity index (χ1n) is 6.30. The lowest BCUT2D eigenvalue weighted by Crippen LogP contribution is -2.32. The molecule has 2 N–H and O–H groups in total. The summed E-state index contributed by atoms with van der Waals surface area (Å²) in [7, 11) is 2.24. The topological polar surface area (TPSA) is 29.3 Å². The molecule has 17 heavy (non-hydrogen) atoms. The first-order chi connectivity index (χ1) is 7.75. The van der Waals surface area contributed by atoms with Crippen LogP contribution in [0.25, 0.3) is 0 Å². The first-order valence-corrected chi connectivity index (χ1v) is 6.30. The molecular weight excluding hydrogens is 232 g/mol. The molecule has 1 saturated carbocycles. The van der Waals surface area contributed by atoms with Gasteiger partial charge in [-0.05, 0) is 37.6 Å². The van der Waals surface area contributed by atoms with Gasteiger partial charge in [0.05, 0.1) is 0 Å². The fraction of sp³-hybridized carbons (Fsp3) is 0.571. The summed E-state index contributed by atoms with van der Waals surface area (Å²) >= 11 is 0. The zero-order chi connectivity index (χ0) is 11.4. The van der Waals surface area contributed by atoms with Gasteiger partial charge in [0.1, 0.15) is 0 Å². The number of hydrogen-bond acceptors (Lipinski definition) is 2. The van der Waals surface area contributed by atoms with Crippen molar-refractivity contribution >= 4 is 18.1 Å². The summed E-state index contributed by atoms with van der Waals surface area (Å²) in [6.45, 7) is 1.05. The van der Waals surface area contributed by atoms with Crippen LogP contribution in [0.4, 0.5) is 5.69 Å². The molecule has 0 spiro atoms. The lowest BCUT2D eigenvalue weighted by molar-refractivity contribution is 0.184. The van der Waals surface area contributed by atoms with E-state index < -0.39 is 0 Å². The Balaban J connectivity index is 0.00000144. The molecule has 2 nitrogen and oxygen atoms in total. The van der Waals surface area contributed by atoms with Crippen molar-refractivity contribution in [2.24, 2.45) is 0 Å². The number of hydrogen-bond donors (Lipinski definition) is 1. The molecule has 1 aromatic rings. The van der Waals surface area contributed by atoms with Gasteiger partial charge in [-0.15, -0.1) is 12.4 Å². The second kappa shape index (κ2) is 6.87. The van der Waals surface area contributed by atoms with Gasteiger partial charge in [-0.25, -0.2) is 0 Å². The third-order valence-corrected chi connectivity index (χ3v) is 3.61. The average Bonchev–Trinajstić information content (AvgIpc) is 2.33. The molecule has 1 fully saturated rings. The molecule has 2 rings (SSSR count). The molecule has 0 amide bonds. The van der Waals surface area contributed by atoms with Crippen LogP contribution < -0.4 is 5.73 Å². The normalized spacial score (nSPS) is 16.8. The molecule has 0 atom stereocenters. The van der Waals surface area contributed by atoms with E-state index in [0.717, 1.165) is 18.3 Å². The predicted molar refractivity (Wildman–Crippen MR) is 76.4 cm³/mol. The van der Waals surface area contributed by atoms with Crippen LogP contribution in [0, 0.1) is 0 Å². The van der Waals surface area contributed by atoms with Gasteiger partial charge in [-0.3, -0.25) is 4.90 Å². The summed E-state index contributed by atoms with van der Waals surface area (Å²) in [5.74, 6) is 0. The van der Waals surface area contributed by atoms with Crippen molar-refractivity contribution in [3.05, 3.63) is 29.8 Å². The smallest absolute Gasteiger partial charge is 0.0314 e. The summed E-state index contributed by atoms with van der Waals surface area (Å²) in [6, 6.07) is 9.03. The molecule has 1 aliphatic rings. The van der Waals surface area contributed by atoms with Crippen LogP contribution in [0.3, 0.4) is 0 Å². The average molecular weight is 255 g/mol. The molecule has 1 aromatic carbocycles. The molecule has 1 aliphatic carbocycles. The molecular formula is C14H23ClN2. The Hall–Kier alpha value is -0.730. The van der Waals surface area contributed by atoms with Crippen LogP contribution in [0.2, 0.25) is 0 Å². The van der Waals surface area contributed by atoms with E-state index in [1.54, 1.807) is 0 Å². The van der Waals surface area contributed by atoms with E-state index >= 15 is 0 Å². The van der Waals surface area contributed by atoms with Crippen molar-refractivity contribution in [1.82, 2.24) is 4.90 Å². The highest BCUT2D eigenvalue weighted by Crippen LogP contribution is 2.22. The molecule has 96 valence electrons. The van der Waals surface area contributed by atoms with Gasteiger partial charge in [0.15, 0.2) is 0 Å². The number of rotatable bonds is 3. The van der Waals surface area contributed by atoms with Gasteiger partial charge < -0.3 is 5.73 Å². The molecule has 0 aliphatic heterocycles. The van der Waals surface area contributed by atoms with E-state index in [1.807, 2.05) is 12.1 Å². The molecule has 0 saturated heterocycles. The minimum absolute atomic E-state index is 0. The number of halogens is 1. The SMILES string of the molecule is CN(Cc1ccc(N)cc1)C1CCCCC1.Cl. The summed E-state index contributed by atoms with van der Waals surface area (Å²) in [5.41, 5.74) is 7.90. The summed E-state index contributed by atoms with van der Waals surface area (Å²) in [4.78, 5) is 2.49. The van der Waals surface area contributed by atoms with Crippen LogP contribution in [0.5, 0.6) is 0 Å². The van der Waals surface area contributed by atoms with E-state index in [0.29, 0.717) is 0 Å². The van der Waals surface area contributed by atoms with Crippen LogP contribution in [-0.2, 0) is 6.54 Å². The summed E-state index contributed by atoms with van der Waals surface area (Å²) < 4.78 is 0. The number of benzene rings is 1. The van der Waals surface area contributed by atoms with E-state index in [9.17, 15) is 0 Å². The Kier molecular flexibility index (Phi) is 5.79. The second-order valence-corrected chi connectivity index (χ2v) is 4.95. The standard InChI is InChI=1S/C14H22N2.ClH/c1-16(14-5-3-2-4-6-14)11-12-7-9-13(15)10-8-12;/h7-10,14H,2-6,11,15H2,1H3;1H. The van der Waals surface area contributed by atoms with Gasteiger partial charge >= 0.3 is 0 Å². The fourth-order valence-electron chi connectivity index (χ4n) is 2.56. The van der Waals surface area contributed by atoms with Crippen molar-refractivity contribution in [3.63, 3.8) is 0 Å². The van der Waals surface area contributed by atoms with Gasteiger partial charge in [0.2, 0.25) is 0 Å². The first kappa shape index (κ1) is 14.3.